The molecule has 3 heteroatoms. The second-order valence-corrected chi connectivity index (χ2v) is 4.68. The zero-order chi connectivity index (χ0) is 9.97. The highest BCUT2D eigenvalue weighted by Gasteiger charge is 2.29. The van der Waals surface area contributed by atoms with Gasteiger partial charge in [-0.2, -0.15) is 0 Å². The van der Waals surface area contributed by atoms with Gasteiger partial charge in [0.05, 0.1) is 6.10 Å². The molecule has 0 aliphatic carbocycles. The first-order valence-electron chi connectivity index (χ1n) is 5.88. The Hall–Kier alpha value is -0.120. The first-order chi connectivity index (χ1) is 6.77. The summed E-state index contributed by atoms with van der Waals surface area (Å²) in [6.45, 7) is 5.44. The standard InChI is InChI=1S/C11H22N2O/c1-9-11(12)5-6-13(9)8-10-4-2-3-7-14-10/h9-11H,2-8,12H2,1H3. The lowest BCUT2D eigenvalue weighted by Crippen LogP contribution is -2.42. The fourth-order valence-electron chi connectivity index (χ4n) is 2.50. The van der Waals surface area contributed by atoms with E-state index in [0.717, 1.165) is 26.1 Å². The molecule has 0 aromatic rings. The second kappa shape index (κ2) is 4.60. The molecule has 2 N–H and O–H groups in total. The van der Waals surface area contributed by atoms with Crippen molar-refractivity contribution in [2.75, 3.05) is 19.7 Å². The second-order valence-electron chi connectivity index (χ2n) is 4.68. The van der Waals surface area contributed by atoms with E-state index in [-0.39, 0.29) is 0 Å². The third kappa shape index (κ3) is 2.27. The number of hydrogen-bond acceptors (Lipinski definition) is 3. The fraction of sp³-hybridized carbons (Fsp3) is 1.00. The van der Waals surface area contributed by atoms with Crippen LogP contribution in [0.4, 0.5) is 0 Å². The summed E-state index contributed by atoms with van der Waals surface area (Å²) in [6, 6.07) is 0.916. The highest BCUT2D eigenvalue weighted by atomic mass is 16.5. The van der Waals surface area contributed by atoms with Crippen molar-refractivity contribution in [3.8, 4) is 0 Å². The van der Waals surface area contributed by atoms with Gasteiger partial charge in [-0.3, -0.25) is 4.90 Å². The minimum atomic E-state index is 0.374. The molecule has 0 radical (unpaired) electrons. The lowest BCUT2D eigenvalue weighted by atomic mass is 10.1. The van der Waals surface area contributed by atoms with Gasteiger partial charge in [-0.25, -0.2) is 0 Å². The molecular formula is C11H22N2O. The van der Waals surface area contributed by atoms with Crippen LogP contribution in [0.1, 0.15) is 32.6 Å². The van der Waals surface area contributed by atoms with Crippen molar-refractivity contribution in [2.24, 2.45) is 5.73 Å². The van der Waals surface area contributed by atoms with Gasteiger partial charge in [0.2, 0.25) is 0 Å². The first-order valence-corrected chi connectivity index (χ1v) is 5.88. The van der Waals surface area contributed by atoms with Crippen LogP contribution in [-0.2, 0) is 4.74 Å². The van der Waals surface area contributed by atoms with Crippen molar-refractivity contribution >= 4 is 0 Å². The molecule has 3 unspecified atom stereocenters. The molecule has 0 aromatic heterocycles. The van der Waals surface area contributed by atoms with Gasteiger partial charge in [-0.05, 0) is 32.6 Å². The monoisotopic (exact) mass is 198 g/mol. The van der Waals surface area contributed by atoms with Crippen LogP contribution in [0.25, 0.3) is 0 Å². The Labute approximate surface area is 86.6 Å². The van der Waals surface area contributed by atoms with Gasteiger partial charge >= 0.3 is 0 Å². The lowest BCUT2D eigenvalue weighted by Gasteiger charge is -2.30. The third-order valence-electron chi connectivity index (χ3n) is 3.66. The fourth-order valence-corrected chi connectivity index (χ4v) is 2.50. The summed E-state index contributed by atoms with van der Waals surface area (Å²) in [7, 11) is 0. The molecular weight excluding hydrogens is 176 g/mol. The van der Waals surface area contributed by atoms with Crippen molar-refractivity contribution < 1.29 is 4.74 Å². The number of ether oxygens (including phenoxy) is 1. The van der Waals surface area contributed by atoms with Crippen molar-refractivity contribution in [1.29, 1.82) is 0 Å². The van der Waals surface area contributed by atoms with Crippen LogP contribution < -0.4 is 5.73 Å². The first kappa shape index (κ1) is 10.4. The molecule has 0 amide bonds. The quantitative estimate of drug-likeness (QED) is 0.719. The van der Waals surface area contributed by atoms with E-state index >= 15 is 0 Å². The number of nitrogens with zero attached hydrogens (tertiary/aromatic N) is 1. The minimum Gasteiger partial charge on any atom is -0.377 e. The Kier molecular flexibility index (Phi) is 3.42. The number of hydrogen-bond donors (Lipinski definition) is 1. The topological polar surface area (TPSA) is 38.5 Å². The number of rotatable bonds is 2. The SMILES string of the molecule is CC1C(N)CCN1CC1CCCCO1. The van der Waals surface area contributed by atoms with Gasteiger partial charge < -0.3 is 10.5 Å². The molecule has 2 saturated heterocycles. The van der Waals surface area contributed by atoms with Crippen LogP contribution in [0.5, 0.6) is 0 Å². The molecule has 3 nitrogen and oxygen atoms in total. The average Bonchev–Trinajstić information content (AvgIpc) is 2.52. The zero-order valence-corrected chi connectivity index (χ0v) is 9.11. The van der Waals surface area contributed by atoms with Crippen LogP contribution in [0.2, 0.25) is 0 Å². The molecule has 2 heterocycles. The minimum absolute atomic E-state index is 0.374. The molecule has 0 saturated carbocycles. The van der Waals surface area contributed by atoms with E-state index in [2.05, 4.69) is 11.8 Å². The largest absolute Gasteiger partial charge is 0.377 e. The number of nitrogens with two attached hydrogens (primary N) is 1. The molecule has 0 bridgehead atoms. The highest BCUT2D eigenvalue weighted by molar-refractivity contribution is 4.88. The average molecular weight is 198 g/mol. The lowest BCUT2D eigenvalue weighted by molar-refractivity contribution is -0.00720. The summed E-state index contributed by atoms with van der Waals surface area (Å²) in [5.74, 6) is 0. The summed E-state index contributed by atoms with van der Waals surface area (Å²) in [5, 5.41) is 0. The van der Waals surface area contributed by atoms with Crippen LogP contribution in [0.3, 0.4) is 0 Å². The van der Waals surface area contributed by atoms with Crippen LogP contribution >= 0.6 is 0 Å². The molecule has 2 aliphatic heterocycles. The van der Waals surface area contributed by atoms with Crippen LogP contribution in [0.15, 0.2) is 0 Å². The maximum Gasteiger partial charge on any atom is 0.0702 e. The van der Waals surface area contributed by atoms with E-state index in [0.29, 0.717) is 18.2 Å². The van der Waals surface area contributed by atoms with Crippen molar-refractivity contribution in [1.82, 2.24) is 4.90 Å². The molecule has 14 heavy (non-hydrogen) atoms. The van der Waals surface area contributed by atoms with Crippen molar-refractivity contribution in [2.45, 2.75) is 50.8 Å². The van der Waals surface area contributed by atoms with Gasteiger partial charge in [0.15, 0.2) is 0 Å². The molecule has 0 aromatic carbocycles. The summed E-state index contributed by atoms with van der Waals surface area (Å²) in [6.07, 6.45) is 5.42. The molecule has 2 rings (SSSR count). The molecule has 0 spiro atoms. The van der Waals surface area contributed by atoms with Gasteiger partial charge in [0.25, 0.3) is 0 Å². The molecule has 3 atom stereocenters. The van der Waals surface area contributed by atoms with Gasteiger partial charge in [0.1, 0.15) is 0 Å². The van der Waals surface area contributed by atoms with Gasteiger partial charge in [-0.15, -0.1) is 0 Å². The van der Waals surface area contributed by atoms with E-state index in [1.54, 1.807) is 0 Å². The van der Waals surface area contributed by atoms with E-state index in [4.69, 9.17) is 10.5 Å². The van der Waals surface area contributed by atoms with Gasteiger partial charge in [-0.1, -0.05) is 0 Å². The Morgan fingerprint density at radius 1 is 1.36 bits per heavy atom. The molecule has 2 aliphatic rings. The van der Waals surface area contributed by atoms with E-state index < -0.39 is 0 Å². The maximum absolute atomic E-state index is 5.99. The van der Waals surface area contributed by atoms with Crippen molar-refractivity contribution in [3.63, 3.8) is 0 Å². The summed E-state index contributed by atoms with van der Waals surface area (Å²) in [4.78, 5) is 2.49. The maximum atomic E-state index is 5.99. The Morgan fingerprint density at radius 2 is 2.21 bits per heavy atom. The highest BCUT2D eigenvalue weighted by Crippen LogP contribution is 2.20. The summed E-state index contributed by atoms with van der Waals surface area (Å²) < 4.78 is 5.74. The van der Waals surface area contributed by atoms with E-state index in [9.17, 15) is 0 Å². The van der Waals surface area contributed by atoms with E-state index in [1.165, 1.54) is 19.3 Å². The normalized spacial score (nSPS) is 40.3. The smallest absolute Gasteiger partial charge is 0.0702 e. The summed E-state index contributed by atoms with van der Waals surface area (Å²) >= 11 is 0. The van der Waals surface area contributed by atoms with E-state index in [1.807, 2.05) is 0 Å². The zero-order valence-electron chi connectivity index (χ0n) is 9.11. The Bertz CT molecular complexity index is 180. The van der Waals surface area contributed by atoms with Crippen molar-refractivity contribution in [3.05, 3.63) is 0 Å². The molecule has 82 valence electrons. The van der Waals surface area contributed by atoms with Gasteiger partial charge in [0, 0.05) is 31.8 Å². The van der Waals surface area contributed by atoms with Crippen LogP contribution in [0, 0.1) is 0 Å². The predicted molar refractivity (Wildman–Crippen MR) is 57.2 cm³/mol. The number of likely N-dealkylation sites (tertiary alicyclic amines) is 1. The third-order valence-corrected chi connectivity index (χ3v) is 3.66. The summed E-state index contributed by atoms with van der Waals surface area (Å²) in [5.41, 5.74) is 5.99. The molecule has 2 fully saturated rings. The Balaban J connectivity index is 1.79. The predicted octanol–water partition coefficient (Wildman–Crippen LogP) is 0.977. The Morgan fingerprint density at radius 3 is 2.79 bits per heavy atom. The van der Waals surface area contributed by atoms with Crippen LogP contribution in [-0.4, -0.2) is 42.8 Å².